The molecule has 8 heteroatoms. The van der Waals surface area contributed by atoms with E-state index in [0.29, 0.717) is 24.4 Å². The molecule has 0 spiro atoms. The van der Waals surface area contributed by atoms with Gasteiger partial charge in [0.1, 0.15) is 0 Å². The third kappa shape index (κ3) is 5.47. The average molecular weight is 409 g/mol. The first-order valence-corrected chi connectivity index (χ1v) is 11.1. The average Bonchev–Trinajstić information content (AvgIpc) is 2.70. The van der Waals surface area contributed by atoms with Crippen LogP contribution in [0.4, 0.5) is 5.69 Å². The van der Waals surface area contributed by atoms with Gasteiger partial charge in [0, 0.05) is 37.8 Å². The van der Waals surface area contributed by atoms with Crippen molar-refractivity contribution in [1.82, 2.24) is 5.32 Å². The first-order valence-electron chi connectivity index (χ1n) is 8.40. The molecule has 1 amide bonds. The Balaban J connectivity index is 2.09. The largest absolute Gasteiger partial charge is 0.385 e. The second-order valence-electron chi connectivity index (χ2n) is 5.80. The molecule has 2 aromatic carbocycles. The third-order valence-electron chi connectivity index (χ3n) is 4.02. The topological polar surface area (TPSA) is 75.7 Å². The number of hydrogen-bond donors (Lipinski definition) is 1. The molecule has 0 unspecified atom stereocenters. The monoisotopic (exact) mass is 408 g/mol. The SMILES string of the molecule is COCCCNC(=O)c1ccc(N(C)S(=O)(=O)c2ccc(SC)cc2)cc1. The zero-order chi connectivity index (χ0) is 19.9. The van der Waals surface area contributed by atoms with E-state index in [-0.39, 0.29) is 10.8 Å². The molecular formula is C19H24N2O4S2. The van der Waals surface area contributed by atoms with Crippen LogP contribution in [0.1, 0.15) is 16.8 Å². The molecule has 0 bridgehead atoms. The predicted molar refractivity (Wildman–Crippen MR) is 109 cm³/mol. The van der Waals surface area contributed by atoms with Crippen LogP contribution in [0.2, 0.25) is 0 Å². The Morgan fingerprint density at radius 1 is 1.11 bits per heavy atom. The van der Waals surface area contributed by atoms with Crippen LogP contribution in [0.3, 0.4) is 0 Å². The summed E-state index contributed by atoms with van der Waals surface area (Å²) in [5.41, 5.74) is 0.964. The fraction of sp³-hybridized carbons (Fsp3) is 0.316. The number of nitrogens with one attached hydrogen (secondary N) is 1. The molecule has 2 rings (SSSR count). The summed E-state index contributed by atoms with van der Waals surface area (Å²) >= 11 is 1.55. The minimum Gasteiger partial charge on any atom is -0.385 e. The van der Waals surface area contributed by atoms with Gasteiger partial charge in [0.2, 0.25) is 0 Å². The number of rotatable bonds is 9. The van der Waals surface area contributed by atoms with Crippen LogP contribution < -0.4 is 9.62 Å². The first-order chi connectivity index (χ1) is 12.9. The normalized spacial score (nSPS) is 11.2. The fourth-order valence-electron chi connectivity index (χ4n) is 2.39. The van der Waals surface area contributed by atoms with Crippen molar-refractivity contribution in [2.75, 3.05) is 37.9 Å². The highest BCUT2D eigenvalue weighted by atomic mass is 32.2. The number of hydrogen-bond acceptors (Lipinski definition) is 5. The van der Waals surface area contributed by atoms with E-state index in [1.54, 1.807) is 67.4 Å². The molecule has 0 aliphatic carbocycles. The van der Waals surface area contributed by atoms with Crippen molar-refractivity contribution in [3.8, 4) is 0 Å². The Bertz CT molecular complexity index is 850. The molecule has 0 saturated carbocycles. The Hall–Kier alpha value is -2.03. The standard InChI is InChI=1S/C19H24N2O4S2/c1-21(27(23,24)18-11-9-17(26-3)10-12-18)16-7-5-15(6-8-16)19(22)20-13-4-14-25-2/h5-12H,4,13-14H2,1-3H3,(H,20,22). The smallest absolute Gasteiger partial charge is 0.264 e. The van der Waals surface area contributed by atoms with Gasteiger partial charge in [-0.05, 0) is 61.2 Å². The second-order valence-corrected chi connectivity index (χ2v) is 8.65. The number of anilines is 1. The number of nitrogens with zero attached hydrogens (tertiary/aromatic N) is 1. The Morgan fingerprint density at radius 2 is 1.74 bits per heavy atom. The van der Waals surface area contributed by atoms with Crippen molar-refractivity contribution in [3.05, 3.63) is 54.1 Å². The van der Waals surface area contributed by atoms with Gasteiger partial charge in [-0.15, -0.1) is 11.8 Å². The molecule has 27 heavy (non-hydrogen) atoms. The predicted octanol–water partition coefficient (Wildman–Crippen LogP) is 3.00. The summed E-state index contributed by atoms with van der Waals surface area (Å²) < 4.78 is 31.7. The van der Waals surface area contributed by atoms with Crippen LogP contribution >= 0.6 is 11.8 Å². The lowest BCUT2D eigenvalue weighted by atomic mass is 10.2. The van der Waals surface area contributed by atoms with Gasteiger partial charge in [-0.25, -0.2) is 8.42 Å². The molecule has 0 aliphatic heterocycles. The van der Waals surface area contributed by atoms with Gasteiger partial charge in [0.15, 0.2) is 0 Å². The Morgan fingerprint density at radius 3 is 2.30 bits per heavy atom. The Kier molecular flexibility index (Phi) is 7.70. The first kappa shape index (κ1) is 21.3. The molecule has 0 heterocycles. The summed E-state index contributed by atoms with van der Waals surface area (Å²) in [5, 5.41) is 2.80. The van der Waals surface area contributed by atoms with Crippen molar-refractivity contribution < 1.29 is 17.9 Å². The van der Waals surface area contributed by atoms with E-state index in [0.717, 1.165) is 11.3 Å². The highest BCUT2D eigenvalue weighted by Crippen LogP contribution is 2.24. The quantitative estimate of drug-likeness (QED) is 0.510. The lowest BCUT2D eigenvalue weighted by Crippen LogP contribution is -2.27. The third-order valence-corrected chi connectivity index (χ3v) is 6.57. The summed E-state index contributed by atoms with van der Waals surface area (Å²) in [7, 11) is -0.550. The summed E-state index contributed by atoms with van der Waals surface area (Å²) in [4.78, 5) is 13.3. The maximum atomic E-state index is 12.8. The van der Waals surface area contributed by atoms with E-state index in [9.17, 15) is 13.2 Å². The molecule has 0 radical (unpaired) electrons. The van der Waals surface area contributed by atoms with E-state index in [4.69, 9.17) is 4.74 Å². The van der Waals surface area contributed by atoms with Crippen LogP contribution in [0, 0.1) is 0 Å². The number of amides is 1. The summed E-state index contributed by atoms with van der Waals surface area (Å²) in [6.45, 7) is 1.11. The molecule has 0 fully saturated rings. The van der Waals surface area contributed by atoms with Crippen LogP contribution in [-0.2, 0) is 14.8 Å². The lowest BCUT2D eigenvalue weighted by molar-refractivity contribution is 0.0948. The van der Waals surface area contributed by atoms with Gasteiger partial charge in [-0.2, -0.15) is 0 Å². The molecule has 2 aromatic rings. The summed E-state index contributed by atoms with van der Waals surface area (Å²) in [6.07, 6.45) is 2.67. The molecule has 6 nitrogen and oxygen atoms in total. The summed E-state index contributed by atoms with van der Waals surface area (Å²) in [5.74, 6) is -0.198. The molecule has 0 aliphatic rings. The number of sulfonamides is 1. The maximum Gasteiger partial charge on any atom is 0.264 e. The molecule has 1 N–H and O–H groups in total. The molecular weight excluding hydrogens is 384 g/mol. The maximum absolute atomic E-state index is 12.8. The van der Waals surface area contributed by atoms with Crippen molar-refractivity contribution in [2.24, 2.45) is 0 Å². The fourth-order valence-corrected chi connectivity index (χ4v) is 3.99. The zero-order valence-electron chi connectivity index (χ0n) is 15.6. The zero-order valence-corrected chi connectivity index (χ0v) is 17.3. The van der Waals surface area contributed by atoms with E-state index in [1.165, 1.54) is 11.4 Å². The van der Waals surface area contributed by atoms with E-state index in [2.05, 4.69) is 5.32 Å². The van der Waals surface area contributed by atoms with E-state index >= 15 is 0 Å². The van der Waals surface area contributed by atoms with Crippen molar-refractivity contribution in [2.45, 2.75) is 16.2 Å². The molecule has 0 saturated heterocycles. The van der Waals surface area contributed by atoms with Crippen molar-refractivity contribution in [1.29, 1.82) is 0 Å². The van der Waals surface area contributed by atoms with Crippen molar-refractivity contribution in [3.63, 3.8) is 0 Å². The number of carbonyl (C=O) groups excluding carboxylic acids is 1. The van der Waals surface area contributed by atoms with Gasteiger partial charge in [-0.3, -0.25) is 9.10 Å². The van der Waals surface area contributed by atoms with Crippen LogP contribution in [-0.4, -0.2) is 47.9 Å². The van der Waals surface area contributed by atoms with Crippen molar-refractivity contribution >= 4 is 33.4 Å². The van der Waals surface area contributed by atoms with E-state index < -0.39 is 10.0 Å². The Labute approximate surface area is 165 Å². The molecule has 0 atom stereocenters. The molecule has 0 aromatic heterocycles. The molecule has 146 valence electrons. The number of methoxy groups -OCH3 is 1. The number of benzene rings is 2. The summed E-state index contributed by atoms with van der Waals surface area (Å²) in [6, 6.07) is 13.2. The van der Waals surface area contributed by atoms with Crippen LogP contribution in [0.15, 0.2) is 58.3 Å². The van der Waals surface area contributed by atoms with Gasteiger partial charge >= 0.3 is 0 Å². The van der Waals surface area contributed by atoms with Crippen LogP contribution in [0.5, 0.6) is 0 Å². The van der Waals surface area contributed by atoms with Crippen LogP contribution in [0.25, 0.3) is 0 Å². The van der Waals surface area contributed by atoms with Gasteiger partial charge in [0.25, 0.3) is 15.9 Å². The highest BCUT2D eigenvalue weighted by molar-refractivity contribution is 7.98. The second kappa shape index (κ2) is 9.77. The highest BCUT2D eigenvalue weighted by Gasteiger charge is 2.21. The van der Waals surface area contributed by atoms with E-state index in [1.807, 2.05) is 6.26 Å². The minimum absolute atomic E-state index is 0.198. The minimum atomic E-state index is -3.66. The van der Waals surface area contributed by atoms with Gasteiger partial charge in [0.05, 0.1) is 10.6 Å². The number of thioether (sulfide) groups is 1. The van der Waals surface area contributed by atoms with Gasteiger partial charge in [-0.1, -0.05) is 0 Å². The van der Waals surface area contributed by atoms with Gasteiger partial charge < -0.3 is 10.1 Å². The number of carbonyl (C=O) groups is 1. The number of ether oxygens (including phenoxy) is 1. The lowest BCUT2D eigenvalue weighted by Gasteiger charge is -2.20.